The van der Waals surface area contributed by atoms with Gasteiger partial charge in [-0.3, -0.25) is 4.79 Å². The molecular weight excluding hydrogens is 302 g/mol. The van der Waals surface area contributed by atoms with E-state index in [1.807, 2.05) is 29.2 Å². The Balaban J connectivity index is 2.10. The summed E-state index contributed by atoms with van der Waals surface area (Å²) in [6.07, 6.45) is 7.02. The number of hydrogen-bond acceptors (Lipinski definition) is 3. The van der Waals surface area contributed by atoms with Crippen molar-refractivity contribution >= 4 is 5.91 Å². The number of aliphatic hydroxyl groups is 2. The van der Waals surface area contributed by atoms with E-state index in [4.69, 9.17) is 0 Å². The van der Waals surface area contributed by atoms with Crippen molar-refractivity contribution in [2.75, 3.05) is 13.2 Å². The average Bonchev–Trinajstić information content (AvgIpc) is 2.58. The van der Waals surface area contributed by atoms with Gasteiger partial charge in [0.15, 0.2) is 0 Å². The van der Waals surface area contributed by atoms with Crippen molar-refractivity contribution in [3.63, 3.8) is 0 Å². The zero-order chi connectivity index (χ0) is 17.6. The molecular formula is C20H31NO3. The third-order valence-corrected chi connectivity index (χ3v) is 4.82. The molecule has 0 spiro atoms. The van der Waals surface area contributed by atoms with Gasteiger partial charge in [0.2, 0.25) is 0 Å². The van der Waals surface area contributed by atoms with E-state index in [2.05, 4.69) is 0 Å². The van der Waals surface area contributed by atoms with E-state index < -0.39 is 5.60 Å². The molecule has 0 heterocycles. The molecule has 24 heavy (non-hydrogen) atoms. The summed E-state index contributed by atoms with van der Waals surface area (Å²) in [7, 11) is 0. The molecule has 0 bridgehead atoms. The summed E-state index contributed by atoms with van der Waals surface area (Å²) < 4.78 is 0. The molecule has 0 saturated heterocycles. The molecule has 0 aliphatic heterocycles. The maximum absolute atomic E-state index is 13.0. The second-order valence-corrected chi connectivity index (χ2v) is 7.53. The molecule has 0 aromatic heterocycles. The van der Waals surface area contributed by atoms with E-state index in [-0.39, 0.29) is 18.6 Å². The van der Waals surface area contributed by atoms with Gasteiger partial charge in [-0.15, -0.1) is 0 Å². The fraction of sp³-hybridized carbons (Fsp3) is 0.650. The molecule has 4 heteroatoms. The smallest absolute Gasteiger partial charge is 0.254 e. The van der Waals surface area contributed by atoms with Crippen LogP contribution in [0.3, 0.4) is 0 Å². The van der Waals surface area contributed by atoms with Gasteiger partial charge >= 0.3 is 0 Å². The van der Waals surface area contributed by atoms with Gasteiger partial charge in [0.25, 0.3) is 5.91 Å². The molecule has 2 rings (SSSR count). The Morgan fingerprint density at radius 3 is 2.58 bits per heavy atom. The minimum Gasteiger partial charge on any atom is -0.395 e. The SMILES string of the molecule is CC(C)(O)CCc1cccc(C(=O)N(CCO)C2CCCCC2)c1. The Bertz CT molecular complexity index is 530. The summed E-state index contributed by atoms with van der Waals surface area (Å²) in [6.45, 7) is 4.00. The number of aliphatic hydroxyl groups excluding tert-OH is 1. The lowest BCUT2D eigenvalue weighted by atomic mass is 9.93. The van der Waals surface area contributed by atoms with Gasteiger partial charge in [-0.1, -0.05) is 31.4 Å². The lowest BCUT2D eigenvalue weighted by Gasteiger charge is -2.34. The quantitative estimate of drug-likeness (QED) is 0.806. The van der Waals surface area contributed by atoms with Gasteiger partial charge in [-0.2, -0.15) is 0 Å². The molecule has 0 radical (unpaired) electrons. The third-order valence-electron chi connectivity index (χ3n) is 4.82. The summed E-state index contributed by atoms with van der Waals surface area (Å²) in [6, 6.07) is 7.94. The molecule has 1 aromatic carbocycles. The van der Waals surface area contributed by atoms with Crippen LogP contribution < -0.4 is 0 Å². The van der Waals surface area contributed by atoms with Crippen molar-refractivity contribution in [1.82, 2.24) is 4.90 Å². The van der Waals surface area contributed by atoms with Gasteiger partial charge in [0, 0.05) is 18.2 Å². The molecule has 2 N–H and O–H groups in total. The van der Waals surface area contributed by atoms with Crippen LogP contribution in [-0.4, -0.2) is 45.8 Å². The third kappa shape index (κ3) is 5.60. The second-order valence-electron chi connectivity index (χ2n) is 7.53. The summed E-state index contributed by atoms with van der Waals surface area (Å²) >= 11 is 0. The minimum atomic E-state index is -0.703. The zero-order valence-electron chi connectivity index (χ0n) is 15.0. The fourth-order valence-electron chi connectivity index (χ4n) is 3.43. The highest BCUT2D eigenvalue weighted by Gasteiger charge is 2.26. The largest absolute Gasteiger partial charge is 0.395 e. The fourth-order valence-corrected chi connectivity index (χ4v) is 3.43. The number of hydrogen-bond donors (Lipinski definition) is 2. The first-order valence-corrected chi connectivity index (χ1v) is 9.14. The lowest BCUT2D eigenvalue weighted by Crippen LogP contribution is -2.43. The summed E-state index contributed by atoms with van der Waals surface area (Å²) in [5, 5.41) is 19.3. The molecule has 0 atom stereocenters. The first-order valence-electron chi connectivity index (χ1n) is 9.14. The van der Waals surface area contributed by atoms with Crippen LogP contribution >= 0.6 is 0 Å². The maximum Gasteiger partial charge on any atom is 0.254 e. The number of rotatable bonds is 7. The van der Waals surface area contributed by atoms with Crippen LogP contribution in [0, 0.1) is 0 Å². The van der Waals surface area contributed by atoms with Gasteiger partial charge in [0.1, 0.15) is 0 Å². The standard InChI is InChI=1S/C20H31NO3/c1-20(2,24)12-11-16-7-6-8-17(15-16)19(23)21(13-14-22)18-9-4-3-5-10-18/h6-8,15,18,22,24H,3-5,9-14H2,1-2H3. The van der Waals surface area contributed by atoms with Gasteiger partial charge in [-0.25, -0.2) is 0 Å². The first kappa shape index (κ1) is 18.9. The monoisotopic (exact) mass is 333 g/mol. The molecule has 1 amide bonds. The topological polar surface area (TPSA) is 60.8 Å². The minimum absolute atomic E-state index is 0.000628. The van der Waals surface area contributed by atoms with Crippen molar-refractivity contribution < 1.29 is 15.0 Å². The molecule has 134 valence electrons. The molecule has 1 saturated carbocycles. The lowest BCUT2D eigenvalue weighted by molar-refractivity contribution is 0.0585. The Morgan fingerprint density at radius 2 is 1.96 bits per heavy atom. The first-order chi connectivity index (χ1) is 11.4. The number of carbonyl (C=O) groups is 1. The number of amides is 1. The van der Waals surface area contributed by atoms with Crippen molar-refractivity contribution in [2.45, 2.75) is 70.4 Å². The van der Waals surface area contributed by atoms with Crippen LogP contribution in [0.4, 0.5) is 0 Å². The predicted molar refractivity (Wildman–Crippen MR) is 96.1 cm³/mol. The van der Waals surface area contributed by atoms with E-state index in [1.165, 1.54) is 6.42 Å². The molecule has 1 aliphatic rings. The summed E-state index contributed by atoms with van der Waals surface area (Å²) in [5.74, 6) is 0.0149. The van der Waals surface area contributed by atoms with Crippen molar-refractivity contribution in [3.8, 4) is 0 Å². The molecule has 1 aromatic rings. The molecule has 1 aliphatic carbocycles. The van der Waals surface area contributed by atoms with Crippen molar-refractivity contribution in [1.29, 1.82) is 0 Å². The molecule has 4 nitrogen and oxygen atoms in total. The molecule has 1 fully saturated rings. The van der Waals surface area contributed by atoms with Crippen LogP contribution in [0.5, 0.6) is 0 Å². The van der Waals surface area contributed by atoms with E-state index >= 15 is 0 Å². The van der Waals surface area contributed by atoms with Crippen LogP contribution in [0.25, 0.3) is 0 Å². The Morgan fingerprint density at radius 1 is 1.25 bits per heavy atom. The van der Waals surface area contributed by atoms with E-state index in [0.717, 1.165) is 37.7 Å². The summed E-state index contributed by atoms with van der Waals surface area (Å²) in [5.41, 5.74) is 1.04. The highest BCUT2D eigenvalue weighted by Crippen LogP contribution is 2.24. The normalized spacial score (nSPS) is 16.2. The van der Waals surface area contributed by atoms with Gasteiger partial charge in [0.05, 0.1) is 12.2 Å². The van der Waals surface area contributed by atoms with Crippen LogP contribution in [0.1, 0.15) is 68.3 Å². The van der Waals surface area contributed by atoms with Gasteiger partial charge < -0.3 is 15.1 Å². The van der Waals surface area contributed by atoms with Gasteiger partial charge in [-0.05, 0) is 57.2 Å². The molecule has 0 unspecified atom stereocenters. The number of nitrogens with zero attached hydrogens (tertiary/aromatic N) is 1. The summed E-state index contributed by atoms with van der Waals surface area (Å²) in [4.78, 5) is 14.8. The number of carbonyl (C=O) groups excluding carboxylic acids is 1. The highest BCUT2D eigenvalue weighted by atomic mass is 16.3. The van der Waals surface area contributed by atoms with Crippen LogP contribution in [0.15, 0.2) is 24.3 Å². The van der Waals surface area contributed by atoms with Crippen LogP contribution in [0.2, 0.25) is 0 Å². The Hall–Kier alpha value is -1.39. The number of aryl methyl sites for hydroxylation is 1. The second kappa shape index (κ2) is 8.63. The predicted octanol–water partition coefficient (Wildman–Crippen LogP) is 3.16. The maximum atomic E-state index is 13.0. The number of benzene rings is 1. The van der Waals surface area contributed by atoms with Crippen LogP contribution in [-0.2, 0) is 6.42 Å². The Kier molecular flexibility index (Phi) is 6.81. The van der Waals surface area contributed by atoms with E-state index in [1.54, 1.807) is 13.8 Å². The van der Waals surface area contributed by atoms with Crippen molar-refractivity contribution in [3.05, 3.63) is 35.4 Å². The zero-order valence-corrected chi connectivity index (χ0v) is 15.0. The Labute approximate surface area is 145 Å². The highest BCUT2D eigenvalue weighted by molar-refractivity contribution is 5.94. The van der Waals surface area contributed by atoms with E-state index in [0.29, 0.717) is 18.5 Å². The van der Waals surface area contributed by atoms with E-state index in [9.17, 15) is 15.0 Å². The average molecular weight is 333 g/mol. The van der Waals surface area contributed by atoms with Crippen molar-refractivity contribution in [2.24, 2.45) is 0 Å².